The fourth-order valence-corrected chi connectivity index (χ4v) is 1.41. The number of hydrogen-bond donors (Lipinski definition) is 0. The number of aromatic nitrogens is 6. The molecule has 11 heteroatoms. The summed E-state index contributed by atoms with van der Waals surface area (Å²) >= 11 is 11.2. The second kappa shape index (κ2) is 3.68. The van der Waals surface area contributed by atoms with Crippen LogP contribution in [-0.4, -0.2) is 34.5 Å². The first-order valence-electron chi connectivity index (χ1n) is 3.83. The Hall–Kier alpha value is -1.74. The van der Waals surface area contributed by atoms with Crippen molar-refractivity contribution in [3.8, 4) is 5.95 Å². The maximum atomic E-state index is 10.5. The van der Waals surface area contributed by atoms with Crippen LogP contribution in [0.4, 0.5) is 5.95 Å². The highest BCUT2D eigenvalue weighted by atomic mass is 35.5. The highest BCUT2D eigenvalue weighted by Gasteiger charge is 2.23. The molecule has 2 rings (SSSR count). The summed E-state index contributed by atoms with van der Waals surface area (Å²) in [6.07, 6.45) is 0. The smallest absolute Gasteiger partial charge is 0.390 e. The van der Waals surface area contributed by atoms with E-state index in [0.717, 1.165) is 9.36 Å². The molecule has 0 unspecified atom stereocenters. The highest BCUT2D eigenvalue weighted by Crippen LogP contribution is 2.16. The SMILES string of the molecule is Cn1nc([N+](=O)[O-])nc1-n1nc(Cl)nc1Cl. The van der Waals surface area contributed by atoms with Crippen molar-refractivity contribution >= 4 is 29.2 Å². The Balaban J connectivity index is 2.56. The summed E-state index contributed by atoms with van der Waals surface area (Å²) in [4.78, 5) is 17.0. The first kappa shape index (κ1) is 10.8. The Kier molecular flexibility index (Phi) is 2.48. The Morgan fingerprint density at radius 3 is 2.44 bits per heavy atom. The van der Waals surface area contributed by atoms with Gasteiger partial charge >= 0.3 is 11.9 Å². The van der Waals surface area contributed by atoms with Crippen molar-refractivity contribution in [2.24, 2.45) is 7.05 Å². The first-order valence-corrected chi connectivity index (χ1v) is 4.58. The van der Waals surface area contributed by atoms with E-state index in [0.29, 0.717) is 0 Å². The topological polar surface area (TPSA) is 105 Å². The van der Waals surface area contributed by atoms with Crippen LogP contribution in [0.5, 0.6) is 0 Å². The molecular formula is C5H3Cl2N7O2. The molecule has 0 aliphatic heterocycles. The zero-order chi connectivity index (χ0) is 11.9. The molecule has 16 heavy (non-hydrogen) atoms. The molecule has 0 atom stereocenters. The number of halogens is 2. The maximum Gasteiger partial charge on any atom is 0.493 e. The van der Waals surface area contributed by atoms with Gasteiger partial charge in [0.15, 0.2) is 0 Å². The molecule has 84 valence electrons. The van der Waals surface area contributed by atoms with Crippen LogP contribution in [0.2, 0.25) is 10.6 Å². The van der Waals surface area contributed by atoms with Gasteiger partial charge < -0.3 is 10.1 Å². The van der Waals surface area contributed by atoms with Crippen LogP contribution in [0.3, 0.4) is 0 Å². The average molecular weight is 264 g/mol. The number of nitrogens with zero attached hydrogens (tertiary/aromatic N) is 7. The Labute approximate surface area is 97.8 Å². The van der Waals surface area contributed by atoms with Crippen LogP contribution in [0.15, 0.2) is 0 Å². The zero-order valence-electron chi connectivity index (χ0n) is 7.70. The molecule has 0 saturated carbocycles. The van der Waals surface area contributed by atoms with Crippen molar-refractivity contribution in [2.45, 2.75) is 0 Å². The third kappa shape index (κ3) is 1.70. The van der Waals surface area contributed by atoms with Crippen molar-refractivity contribution in [3.05, 3.63) is 20.7 Å². The van der Waals surface area contributed by atoms with E-state index in [9.17, 15) is 10.1 Å². The molecule has 0 N–H and O–H groups in total. The zero-order valence-corrected chi connectivity index (χ0v) is 9.21. The number of rotatable bonds is 2. The molecule has 0 fully saturated rings. The highest BCUT2D eigenvalue weighted by molar-refractivity contribution is 6.31. The van der Waals surface area contributed by atoms with Crippen LogP contribution < -0.4 is 0 Å². The Bertz CT molecular complexity index is 561. The second-order valence-corrected chi connectivity index (χ2v) is 3.33. The lowest BCUT2D eigenvalue weighted by molar-refractivity contribution is -0.394. The second-order valence-electron chi connectivity index (χ2n) is 2.65. The van der Waals surface area contributed by atoms with Gasteiger partial charge in [-0.15, -0.1) is 5.10 Å². The summed E-state index contributed by atoms with van der Waals surface area (Å²) in [7, 11) is 1.46. The van der Waals surface area contributed by atoms with Crippen molar-refractivity contribution < 1.29 is 4.92 Å². The van der Waals surface area contributed by atoms with Crippen LogP contribution in [0.1, 0.15) is 0 Å². The van der Waals surface area contributed by atoms with Crippen LogP contribution in [0.25, 0.3) is 5.95 Å². The van der Waals surface area contributed by atoms with Gasteiger partial charge in [-0.25, -0.2) is 0 Å². The average Bonchev–Trinajstić information content (AvgIpc) is 2.69. The lowest BCUT2D eigenvalue weighted by atomic mass is 10.9. The third-order valence-corrected chi connectivity index (χ3v) is 2.03. The van der Waals surface area contributed by atoms with Gasteiger partial charge in [0.25, 0.3) is 0 Å². The molecule has 0 spiro atoms. The normalized spacial score (nSPS) is 10.7. The first-order chi connectivity index (χ1) is 7.49. The number of nitro groups is 1. The maximum absolute atomic E-state index is 10.5. The lowest BCUT2D eigenvalue weighted by Gasteiger charge is -1.92. The summed E-state index contributed by atoms with van der Waals surface area (Å²) in [5.74, 6) is -0.503. The van der Waals surface area contributed by atoms with E-state index in [2.05, 4.69) is 20.2 Å². The molecular weight excluding hydrogens is 261 g/mol. The number of aryl methyl sites for hydroxylation is 1. The minimum atomic E-state index is -0.726. The van der Waals surface area contributed by atoms with Crippen LogP contribution in [-0.2, 0) is 7.05 Å². The van der Waals surface area contributed by atoms with E-state index in [4.69, 9.17) is 23.2 Å². The molecule has 2 aromatic rings. The molecule has 2 heterocycles. The van der Waals surface area contributed by atoms with E-state index in [1.807, 2.05) is 0 Å². The van der Waals surface area contributed by atoms with Crippen LogP contribution >= 0.6 is 23.2 Å². The standard InChI is InChI=1S/C5H3Cl2N7O2/c1-12-5(9-4(11-12)14(15)16)13-3(7)8-2(6)10-13/h1H3. The van der Waals surface area contributed by atoms with Gasteiger partial charge in [0, 0.05) is 12.1 Å². The van der Waals surface area contributed by atoms with Gasteiger partial charge in [-0.1, -0.05) is 0 Å². The van der Waals surface area contributed by atoms with Crippen LogP contribution in [0, 0.1) is 10.1 Å². The quantitative estimate of drug-likeness (QED) is 0.581. The van der Waals surface area contributed by atoms with Gasteiger partial charge in [-0.2, -0.15) is 14.3 Å². The molecule has 0 aromatic carbocycles. The Morgan fingerprint density at radius 1 is 1.31 bits per heavy atom. The number of hydrogen-bond acceptors (Lipinski definition) is 6. The molecule has 2 aromatic heterocycles. The van der Waals surface area contributed by atoms with E-state index in [1.54, 1.807) is 0 Å². The summed E-state index contributed by atoms with van der Waals surface area (Å²) < 4.78 is 2.19. The van der Waals surface area contributed by atoms with Gasteiger partial charge in [0.05, 0.1) is 0 Å². The molecule has 0 saturated heterocycles. The predicted molar refractivity (Wildman–Crippen MR) is 52.6 cm³/mol. The lowest BCUT2D eigenvalue weighted by Crippen LogP contribution is -2.05. The third-order valence-electron chi connectivity index (χ3n) is 1.62. The van der Waals surface area contributed by atoms with E-state index in [-0.39, 0.29) is 16.5 Å². The van der Waals surface area contributed by atoms with Gasteiger partial charge in [-0.3, -0.25) is 0 Å². The van der Waals surface area contributed by atoms with Crippen molar-refractivity contribution in [1.29, 1.82) is 0 Å². The van der Waals surface area contributed by atoms with Crippen molar-refractivity contribution in [1.82, 2.24) is 29.5 Å². The molecule has 0 radical (unpaired) electrons. The molecule has 0 aliphatic carbocycles. The summed E-state index contributed by atoms with van der Waals surface area (Å²) in [5.41, 5.74) is 0. The van der Waals surface area contributed by atoms with E-state index < -0.39 is 10.9 Å². The predicted octanol–water partition coefficient (Wildman–Crippen LogP) is 0.611. The van der Waals surface area contributed by atoms with Gasteiger partial charge in [0.2, 0.25) is 10.6 Å². The fraction of sp³-hybridized carbons (Fsp3) is 0.200. The summed E-state index contributed by atoms with van der Waals surface area (Å²) in [6, 6.07) is 0. The van der Waals surface area contributed by atoms with Crippen molar-refractivity contribution in [2.75, 3.05) is 0 Å². The van der Waals surface area contributed by atoms with Gasteiger partial charge in [-0.05, 0) is 33.1 Å². The summed E-state index contributed by atoms with van der Waals surface area (Å²) in [6.45, 7) is 0. The largest absolute Gasteiger partial charge is 0.493 e. The fourth-order valence-electron chi connectivity index (χ4n) is 1.02. The molecule has 0 bridgehead atoms. The minimum absolute atomic E-state index is 0.0519. The minimum Gasteiger partial charge on any atom is -0.390 e. The van der Waals surface area contributed by atoms with E-state index >= 15 is 0 Å². The molecule has 0 amide bonds. The molecule has 9 nitrogen and oxygen atoms in total. The summed E-state index contributed by atoms with van der Waals surface area (Å²) in [5, 5.41) is 17.6. The van der Waals surface area contributed by atoms with E-state index in [1.165, 1.54) is 7.05 Å². The Morgan fingerprint density at radius 2 is 2.00 bits per heavy atom. The van der Waals surface area contributed by atoms with Gasteiger partial charge in [0.1, 0.15) is 0 Å². The van der Waals surface area contributed by atoms with Crippen molar-refractivity contribution in [3.63, 3.8) is 0 Å². The monoisotopic (exact) mass is 263 g/mol. The molecule has 0 aliphatic rings.